The minimum atomic E-state index is -0.622. The molecular formula is C12H14Cl2FN3O2. The number of halogens is 3. The number of nitrogens with two attached hydrogens (primary N) is 1. The van der Waals surface area contributed by atoms with Crippen LogP contribution in [0.5, 0.6) is 0 Å². The lowest BCUT2D eigenvalue weighted by Crippen LogP contribution is -2.40. The van der Waals surface area contributed by atoms with E-state index in [9.17, 15) is 14.0 Å². The first-order chi connectivity index (χ1) is 9.36. The van der Waals surface area contributed by atoms with Crippen LogP contribution in [-0.4, -0.2) is 24.9 Å². The number of carbonyl (C=O) groups is 2. The van der Waals surface area contributed by atoms with Crippen LogP contribution in [0.1, 0.15) is 18.5 Å². The highest BCUT2D eigenvalue weighted by Crippen LogP contribution is 2.32. The van der Waals surface area contributed by atoms with Gasteiger partial charge in [-0.25, -0.2) is 4.39 Å². The van der Waals surface area contributed by atoms with Crippen molar-refractivity contribution in [3.8, 4) is 0 Å². The van der Waals surface area contributed by atoms with Crippen LogP contribution in [-0.2, 0) is 9.59 Å². The van der Waals surface area contributed by atoms with Gasteiger partial charge in [0.05, 0.1) is 24.2 Å². The van der Waals surface area contributed by atoms with Crippen LogP contribution in [0.2, 0.25) is 10.0 Å². The van der Waals surface area contributed by atoms with Crippen molar-refractivity contribution in [1.82, 2.24) is 10.6 Å². The highest BCUT2D eigenvalue weighted by atomic mass is 35.5. The van der Waals surface area contributed by atoms with Crippen molar-refractivity contribution in [2.75, 3.05) is 13.1 Å². The minimum absolute atomic E-state index is 0.142. The fourth-order valence-corrected chi connectivity index (χ4v) is 2.25. The molecule has 1 atom stereocenters. The second-order valence-electron chi connectivity index (χ2n) is 4.03. The summed E-state index contributed by atoms with van der Waals surface area (Å²) >= 11 is 11.8. The summed E-state index contributed by atoms with van der Waals surface area (Å²) in [4.78, 5) is 22.5. The van der Waals surface area contributed by atoms with E-state index >= 15 is 0 Å². The highest BCUT2D eigenvalue weighted by molar-refractivity contribution is 6.36. The van der Waals surface area contributed by atoms with Crippen LogP contribution in [0, 0.1) is 5.82 Å². The van der Waals surface area contributed by atoms with Gasteiger partial charge in [0.1, 0.15) is 5.82 Å². The summed E-state index contributed by atoms with van der Waals surface area (Å²) < 4.78 is 13.4. The molecule has 1 rings (SSSR count). The van der Waals surface area contributed by atoms with Crippen molar-refractivity contribution >= 4 is 35.0 Å². The number of carbonyl (C=O) groups excluding carboxylic acids is 2. The molecule has 0 saturated heterocycles. The Morgan fingerprint density at radius 1 is 1.35 bits per heavy atom. The minimum Gasteiger partial charge on any atom is -0.348 e. The van der Waals surface area contributed by atoms with E-state index in [1.54, 1.807) is 6.92 Å². The lowest BCUT2D eigenvalue weighted by Gasteiger charge is -2.17. The van der Waals surface area contributed by atoms with Gasteiger partial charge >= 0.3 is 0 Å². The normalized spacial score (nSPS) is 11.8. The molecule has 4 N–H and O–H groups in total. The molecule has 2 amide bonds. The van der Waals surface area contributed by atoms with E-state index in [0.29, 0.717) is 0 Å². The summed E-state index contributed by atoms with van der Waals surface area (Å²) in [6.07, 6.45) is 0. The van der Waals surface area contributed by atoms with Crippen LogP contribution >= 0.6 is 23.2 Å². The molecule has 0 spiro atoms. The zero-order chi connectivity index (χ0) is 15.3. The summed E-state index contributed by atoms with van der Waals surface area (Å²) in [7, 11) is 0. The first-order valence-corrected chi connectivity index (χ1v) is 6.52. The van der Waals surface area contributed by atoms with Gasteiger partial charge in [-0.1, -0.05) is 23.2 Å². The number of rotatable bonds is 5. The van der Waals surface area contributed by atoms with Crippen molar-refractivity contribution < 1.29 is 14.0 Å². The quantitative estimate of drug-likeness (QED) is 0.716. The topological polar surface area (TPSA) is 84.2 Å². The largest absolute Gasteiger partial charge is 0.348 e. The number of amides is 2. The maximum Gasteiger partial charge on any atom is 0.239 e. The van der Waals surface area contributed by atoms with E-state index in [1.165, 1.54) is 6.07 Å². The van der Waals surface area contributed by atoms with Crippen LogP contribution in [0.25, 0.3) is 0 Å². The van der Waals surface area contributed by atoms with Gasteiger partial charge in [-0.05, 0) is 19.1 Å². The Balaban J connectivity index is 2.72. The molecule has 1 unspecified atom stereocenters. The summed E-state index contributed by atoms with van der Waals surface area (Å²) in [6.45, 7) is 1.17. The molecular weight excluding hydrogens is 308 g/mol. The molecule has 110 valence electrons. The second kappa shape index (κ2) is 7.42. The van der Waals surface area contributed by atoms with Gasteiger partial charge in [-0.15, -0.1) is 0 Å². The SMILES string of the molecule is CC(NC(=O)CNC(=O)CN)c1c(Cl)ccc(F)c1Cl. The van der Waals surface area contributed by atoms with E-state index in [4.69, 9.17) is 28.9 Å². The fourth-order valence-electron chi connectivity index (χ4n) is 1.56. The third kappa shape index (κ3) is 4.33. The van der Waals surface area contributed by atoms with Gasteiger partial charge in [-0.3, -0.25) is 9.59 Å². The molecule has 0 aliphatic heterocycles. The summed E-state index contributed by atoms with van der Waals surface area (Å²) in [5.74, 6) is -1.53. The van der Waals surface area contributed by atoms with Gasteiger partial charge in [0.2, 0.25) is 11.8 Å². The zero-order valence-corrected chi connectivity index (χ0v) is 12.2. The molecule has 5 nitrogen and oxygen atoms in total. The molecule has 20 heavy (non-hydrogen) atoms. The summed E-state index contributed by atoms with van der Waals surface area (Å²) in [5.41, 5.74) is 5.37. The maximum atomic E-state index is 13.4. The van der Waals surface area contributed by atoms with Gasteiger partial charge in [0, 0.05) is 10.6 Å². The molecule has 1 aromatic rings. The van der Waals surface area contributed by atoms with E-state index in [2.05, 4.69) is 10.6 Å². The third-order valence-electron chi connectivity index (χ3n) is 2.52. The predicted octanol–water partition coefficient (Wildman–Crippen LogP) is 1.38. The molecule has 0 aliphatic carbocycles. The molecule has 0 bridgehead atoms. The average Bonchev–Trinajstić information content (AvgIpc) is 2.40. The zero-order valence-electron chi connectivity index (χ0n) is 10.7. The third-order valence-corrected chi connectivity index (χ3v) is 3.24. The van der Waals surface area contributed by atoms with E-state index in [1.807, 2.05) is 0 Å². The average molecular weight is 322 g/mol. The second-order valence-corrected chi connectivity index (χ2v) is 4.81. The van der Waals surface area contributed by atoms with E-state index in [0.717, 1.165) is 6.07 Å². The first-order valence-electron chi connectivity index (χ1n) is 5.76. The number of hydrogen-bond acceptors (Lipinski definition) is 3. The van der Waals surface area contributed by atoms with Gasteiger partial charge in [-0.2, -0.15) is 0 Å². The monoisotopic (exact) mass is 321 g/mol. The number of benzene rings is 1. The fraction of sp³-hybridized carbons (Fsp3) is 0.333. The number of nitrogens with one attached hydrogen (secondary N) is 2. The molecule has 0 fully saturated rings. The van der Waals surface area contributed by atoms with Gasteiger partial charge in [0.15, 0.2) is 0 Å². The Morgan fingerprint density at radius 2 is 2.00 bits per heavy atom. The van der Waals surface area contributed by atoms with Crippen molar-refractivity contribution in [3.63, 3.8) is 0 Å². The van der Waals surface area contributed by atoms with Crippen molar-refractivity contribution in [2.45, 2.75) is 13.0 Å². The van der Waals surface area contributed by atoms with Crippen LogP contribution < -0.4 is 16.4 Å². The summed E-state index contributed by atoms with van der Waals surface area (Å²) in [6, 6.07) is 1.90. The van der Waals surface area contributed by atoms with Gasteiger partial charge < -0.3 is 16.4 Å². The molecule has 0 saturated carbocycles. The standard InChI is InChI=1S/C12H14Cl2FN3O2/c1-6(18-10(20)5-17-9(19)4-16)11-7(13)2-3-8(15)12(11)14/h2-3,6H,4-5,16H2,1H3,(H,17,19)(H,18,20). The van der Waals surface area contributed by atoms with E-state index in [-0.39, 0.29) is 28.7 Å². The predicted molar refractivity (Wildman–Crippen MR) is 75.0 cm³/mol. The Labute approximate surface area is 125 Å². The Bertz CT molecular complexity index is 526. The van der Waals surface area contributed by atoms with Crippen LogP contribution in [0.4, 0.5) is 4.39 Å². The Hall–Kier alpha value is -1.37. The molecule has 1 aromatic carbocycles. The van der Waals surface area contributed by atoms with Crippen molar-refractivity contribution in [2.24, 2.45) is 5.73 Å². The Kier molecular flexibility index (Phi) is 6.19. The lowest BCUT2D eigenvalue weighted by molar-refractivity contribution is -0.125. The summed E-state index contributed by atoms with van der Waals surface area (Å²) in [5, 5.41) is 4.97. The lowest BCUT2D eigenvalue weighted by atomic mass is 10.1. The smallest absolute Gasteiger partial charge is 0.239 e. The van der Waals surface area contributed by atoms with Crippen molar-refractivity contribution in [3.05, 3.63) is 33.6 Å². The van der Waals surface area contributed by atoms with Crippen LogP contribution in [0.15, 0.2) is 12.1 Å². The molecule has 0 heterocycles. The molecule has 8 heteroatoms. The Morgan fingerprint density at radius 3 is 2.60 bits per heavy atom. The van der Waals surface area contributed by atoms with Crippen LogP contribution in [0.3, 0.4) is 0 Å². The molecule has 0 radical (unpaired) electrons. The van der Waals surface area contributed by atoms with Crippen molar-refractivity contribution in [1.29, 1.82) is 0 Å². The molecule has 0 aliphatic rings. The number of hydrogen-bond donors (Lipinski definition) is 3. The highest BCUT2D eigenvalue weighted by Gasteiger charge is 2.18. The first kappa shape index (κ1) is 16.7. The maximum absolute atomic E-state index is 13.4. The molecule has 0 aromatic heterocycles. The van der Waals surface area contributed by atoms with Gasteiger partial charge in [0.25, 0.3) is 0 Å². The van der Waals surface area contributed by atoms with E-state index < -0.39 is 23.7 Å².